The maximum Gasteiger partial charge on any atom is 0.0562 e. The van der Waals surface area contributed by atoms with Gasteiger partial charge in [0.2, 0.25) is 0 Å². The summed E-state index contributed by atoms with van der Waals surface area (Å²) in [5, 5.41) is 3.47. The number of para-hydroxylation sites is 1. The molecule has 0 bridgehead atoms. The third kappa shape index (κ3) is 4.30. The number of aryl methyl sites for hydroxylation is 1. The Morgan fingerprint density at radius 3 is 2.52 bits per heavy atom. The fourth-order valence-corrected chi connectivity index (χ4v) is 2.21. The van der Waals surface area contributed by atoms with Crippen LogP contribution in [0, 0.1) is 6.92 Å². The fraction of sp³-hybridized carbons (Fsp3) is 0.389. The van der Waals surface area contributed by atoms with Crippen LogP contribution >= 0.6 is 0 Å². The second-order valence-electron chi connectivity index (χ2n) is 6.45. The minimum absolute atomic E-state index is 0.0968. The topological polar surface area (TPSA) is 28.2 Å². The number of rotatable bonds is 4. The Morgan fingerprint density at radius 1 is 1.14 bits per heavy atom. The summed E-state index contributed by atoms with van der Waals surface area (Å²) < 4.78 is 0. The van der Waals surface area contributed by atoms with Crippen LogP contribution < -0.4 is 10.2 Å². The number of pyridine rings is 1. The van der Waals surface area contributed by atoms with Crippen LogP contribution in [0.25, 0.3) is 0 Å². The molecule has 0 atom stereocenters. The molecule has 0 aliphatic carbocycles. The minimum atomic E-state index is 0.0968. The molecule has 0 unspecified atom stereocenters. The van der Waals surface area contributed by atoms with Crippen molar-refractivity contribution < 1.29 is 0 Å². The summed E-state index contributed by atoms with van der Waals surface area (Å²) in [6.07, 6.45) is 1.88. The van der Waals surface area contributed by atoms with Gasteiger partial charge in [0.1, 0.15) is 0 Å². The zero-order chi connectivity index (χ0) is 15.5. The molecule has 21 heavy (non-hydrogen) atoms. The van der Waals surface area contributed by atoms with E-state index in [1.165, 1.54) is 11.3 Å². The van der Waals surface area contributed by atoms with Gasteiger partial charge in [-0.15, -0.1) is 0 Å². The van der Waals surface area contributed by atoms with Gasteiger partial charge in [-0.05, 0) is 51.5 Å². The highest BCUT2D eigenvalue weighted by Gasteiger charge is 2.11. The largest absolute Gasteiger partial charge is 0.344 e. The lowest BCUT2D eigenvalue weighted by molar-refractivity contribution is 0.421. The minimum Gasteiger partial charge on any atom is -0.344 e. The summed E-state index contributed by atoms with van der Waals surface area (Å²) in [5.74, 6) is 0. The molecule has 3 nitrogen and oxygen atoms in total. The maximum atomic E-state index is 4.45. The number of benzene rings is 1. The van der Waals surface area contributed by atoms with Crippen molar-refractivity contribution in [3.8, 4) is 0 Å². The molecule has 112 valence electrons. The molecule has 1 N–H and O–H groups in total. The number of nitrogens with zero attached hydrogens (tertiary/aromatic N) is 2. The number of anilines is 2. The van der Waals surface area contributed by atoms with Crippen molar-refractivity contribution in [1.29, 1.82) is 0 Å². The van der Waals surface area contributed by atoms with Crippen molar-refractivity contribution in [2.45, 2.75) is 39.8 Å². The van der Waals surface area contributed by atoms with Crippen LogP contribution in [0.3, 0.4) is 0 Å². The Labute approximate surface area is 128 Å². The molecule has 1 heterocycles. The molecule has 0 aliphatic rings. The molecule has 0 aliphatic heterocycles. The van der Waals surface area contributed by atoms with E-state index >= 15 is 0 Å². The van der Waals surface area contributed by atoms with Crippen molar-refractivity contribution in [3.05, 3.63) is 53.9 Å². The van der Waals surface area contributed by atoms with E-state index in [2.05, 4.69) is 80.3 Å². The van der Waals surface area contributed by atoms with E-state index in [9.17, 15) is 0 Å². The highest BCUT2D eigenvalue weighted by atomic mass is 15.1. The standard InChI is InChI=1S/C18H25N3/c1-14-8-6-7-9-17(14)21(5)16-10-11-19-15(12-16)13-20-18(2,3)4/h6-12,20H,13H2,1-5H3. The molecule has 0 spiro atoms. The van der Waals surface area contributed by atoms with Gasteiger partial charge in [-0.1, -0.05) is 18.2 Å². The predicted octanol–water partition coefficient (Wildman–Crippen LogP) is 4.05. The van der Waals surface area contributed by atoms with Gasteiger partial charge in [0, 0.05) is 36.7 Å². The zero-order valence-electron chi connectivity index (χ0n) is 13.6. The molecule has 0 radical (unpaired) electrons. The average Bonchev–Trinajstić information content (AvgIpc) is 2.44. The highest BCUT2D eigenvalue weighted by Crippen LogP contribution is 2.26. The van der Waals surface area contributed by atoms with E-state index < -0.39 is 0 Å². The Kier molecular flexibility index (Phi) is 4.63. The SMILES string of the molecule is Cc1ccccc1N(C)c1ccnc(CNC(C)(C)C)c1. The van der Waals surface area contributed by atoms with Gasteiger partial charge in [-0.25, -0.2) is 0 Å². The highest BCUT2D eigenvalue weighted by molar-refractivity contribution is 5.65. The van der Waals surface area contributed by atoms with Gasteiger partial charge < -0.3 is 10.2 Å². The summed E-state index contributed by atoms with van der Waals surface area (Å²) in [5.41, 5.74) is 4.80. The Bertz CT molecular complexity index is 599. The van der Waals surface area contributed by atoms with Crippen molar-refractivity contribution >= 4 is 11.4 Å². The van der Waals surface area contributed by atoms with Gasteiger partial charge in [-0.3, -0.25) is 4.98 Å². The second-order valence-corrected chi connectivity index (χ2v) is 6.45. The van der Waals surface area contributed by atoms with Crippen molar-refractivity contribution in [1.82, 2.24) is 10.3 Å². The first kappa shape index (κ1) is 15.5. The molecule has 1 aromatic heterocycles. The van der Waals surface area contributed by atoms with E-state index in [4.69, 9.17) is 0 Å². The molecule has 0 fully saturated rings. The third-order valence-corrected chi connectivity index (χ3v) is 3.46. The van der Waals surface area contributed by atoms with Crippen LogP contribution in [-0.2, 0) is 6.54 Å². The monoisotopic (exact) mass is 283 g/mol. The van der Waals surface area contributed by atoms with Gasteiger partial charge >= 0.3 is 0 Å². The van der Waals surface area contributed by atoms with E-state index in [0.29, 0.717) is 0 Å². The summed E-state index contributed by atoms with van der Waals surface area (Å²) in [7, 11) is 2.10. The molecule has 2 rings (SSSR count). The third-order valence-electron chi connectivity index (χ3n) is 3.46. The quantitative estimate of drug-likeness (QED) is 0.917. The number of hydrogen-bond acceptors (Lipinski definition) is 3. The summed E-state index contributed by atoms with van der Waals surface area (Å²) in [6, 6.07) is 12.6. The normalized spacial score (nSPS) is 11.5. The van der Waals surface area contributed by atoms with E-state index in [1.807, 2.05) is 12.3 Å². The van der Waals surface area contributed by atoms with Crippen LogP contribution in [0.4, 0.5) is 11.4 Å². The molecular weight excluding hydrogens is 258 g/mol. The van der Waals surface area contributed by atoms with Crippen LogP contribution in [-0.4, -0.2) is 17.6 Å². The lowest BCUT2D eigenvalue weighted by Crippen LogP contribution is -2.35. The first-order valence-corrected chi connectivity index (χ1v) is 7.36. The maximum absolute atomic E-state index is 4.45. The van der Waals surface area contributed by atoms with Crippen LogP contribution in [0.2, 0.25) is 0 Å². The summed E-state index contributed by atoms with van der Waals surface area (Å²) in [6.45, 7) is 9.40. The van der Waals surface area contributed by atoms with E-state index in [0.717, 1.165) is 17.9 Å². The Hall–Kier alpha value is -1.87. The van der Waals surface area contributed by atoms with Crippen LogP contribution in [0.15, 0.2) is 42.6 Å². The summed E-state index contributed by atoms with van der Waals surface area (Å²) >= 11 is 0. The molecule has 1 aromatic carbocycles. The van der Waals surface area contributed by atoms with Gasteiger partial charge in [0.15, 0.2) is 0 Å². The first-order valence-electron chi connectivity index (χ1n) is 7.36. The second kappa shape index (κ2) is 6.27. The lowest BCUT2D eigenvalue weighted by atomic mass is 10.1. The zero-order valence-corrected chi connectivity index (χ0v) is 13.6. The molecule has 2 aromatic rings. The van der Waals surface area contributed by atoms with Crippen molar-refractivity contribution in [2.24, 2.45) is 0 Å². The molecule has 0 saturated carbocycles. The number of aromatic nitrogens is 1. The van der Waals surface area contributed by atoms with E-state index in [-0.39, 0.29) is 5.54 Å². The van der Waals surface area contributed by atoms with Crippen molar-refractivity contribution in [3.63, 3.8) is 0 Å². The number of hydrogen-bond donors (Lipinski definition) is 1. The molecule has 0 amide bonds. The Balaban J connectivity index is 2.19. The van der Waals surface area contributed by atoms with Gasteiger partial charge in [0.25, 0.3) is 0 Å². The van der Waals surface area contributed by atoms with Crippen LogP contribution in [0.1, 0.15) is 32.0 Å². The van der Waals surface area contributed by atoms with Gasteiger partial charge in [-0.2, -0.15) is 0 Å². The van der Waals surface area contributed by atoms with Gasteiger partial charge in [0.05, 0.1) is 5.69 Å². The Morgan fingerprint density at radius 2 is 1.86 bits per heavy atom. The smallest absolute Gasteiger partial charge is 0.0562 e. The molecule has 0 saturated heterocycles. The van der Waals surface area contributed by atoms with Crippen LogP contribution in [0.5, 0.6) is 0 Å². The summed E-state index contributed by atoms with van der Waals surface area (Å²) in [4.78, 5) is 6.66. The predicted molar refractivity (Wildman–Crippen MR) is 90.1 cm³/mol. The number of nitrogens with one attached hydrogen (secondary N) is 1. The first-order chi connectivity index (χ1) is 9.87. The molecule has 3 heteroatoms. The lowest BCUT2D eigenvalue weighted by Gasteiger charge is -2.23. The molecular formula is C18H25N3. The van der Waals surface area contributed by atoms with Crippen molar-refractivity contribution in [2.75, 3.05) is 11.9 Å². The average molecular weight is 283 g/mol. The van der Waals surface area contributed by atoms with E-state index in [1.54, 1.807) is 0 Å². The fourth-order valence-electron chi connectivity index (χ4n) is 2.21.